The summed E-state index contributed by atoms with van der Waals surface area (Å²) in [5.41, 5.74) is 1.79. The van der Waals surface area contributed by atoms with Gasteiger partial charge < -0.3 is 10.1 Å². The highest BCUT2D eigenvalue weighted by atomic mass is 35.5. The quantitative estimate of drug-likeness (QED) is 0.913. The third-order valence-electron chi connectivity index (χ3n) is 2.75. The number of halogens is 1. The summed E-state index contributed by atoms with van der Waals surface area (Å²) in [4.78, 5) is 8.57. The average molecular weight is 278 g/mol. The Morgan fingerprint density at radius 1 is 1.32 bits per heavy atom. The Bertz CT molecular complexity index is 548. The maximum absolute atomic E-state index is 6.06. The molecule has 0 radical (unpaired) electrons. The molecule has 0 amide bonds. The lowest BCUT2D eigenvalue weighted by Gasteiger charge is -2.19. The molecule has 1 heterocycles. The second-order valence-electron chi connectivity index (χ2n) is 4.00. The van der Waals surface area contributed by atoms with Crippen LogP contribution in [-0.4, -0.2) is 23.6 Å². The molecule has 0 fully saturated rings. The van der Waals surface area contributed by atoms with Crippen LogP contribution in [0.5, 0.6) is 5.88 Å². The molecule has 0 aliphatic rings. The second-order valence-corrected chi connectivity index (χ2v) is 4.43. The fourth-order valence-corrected chi connectivity index (χ4v) is 2.15. The highest BCUT2D eigenvalue weighted by Gasteiger charge is 2.19. The number of nitrogens with zero attached hydrogens (tertiary/aromatic N) is 2. The molecule has 1 aromatic carbocycles. The number of hydrogen-bond donors (Lipinski definition) is 1. The molecule has 0 saturated carbocycles. The minimum absolute atomic E-state index is 0.0904. The number of aromatic nitrogens is 2. The number of nitrogens with one attached hydrogen (secondary N) is 1. The van der Waals surface area contributed by atoms with E-state index in [1.165, 1.54) is 0 Å². The molecule has 0 aliphatic carbocycles. The topological polar surface area (TPSA) is 47.0 Å². The van der Waals surface area contributed by atoms with E-state index in [-0.39, 0.29) is 6.04 Å². The van der Waals surface area contributed by atoms with Gasteiger partial charge in [-0.15, -0.1) is 0 Å². The molecule has 4 nitrogen and oxygen atoms in total. The maximum atomic E-state index is 6.06. The van der Waals surface area contributed by atoms with Gasteiger partial charge in [0, 0.05) is 17.4 Å². The molecule has 1 N–H and O–H groups in total. The lowest BCUT2D eigenvalue weighted by molar-refractivity contribution is 0.383. The van der Waals surface area contributed by atoms with E-state index in [9.17, 15) is 0 Å². The van der Waals surface area contributed by atoms with Gasteiger partial charge in [-0.05, 0) is 24.2 Å². The Kier molecular flexibility index (Phi) is 4.71. The SMILES string of the molecule is CCNC(c1cccc(Cl)c1)c1nccnc1OC. The van der Waals surface area contributed by atoms with Crippen molar-refractivity contribution < 1.29 is 4.74 Å². The summed E-state index contributed by atoms with van der Waals surface area (Å²) in [7, 11) is 1.59. The first-order chi connectivity index (χ1) is 9.26. The van der Waals surface area contributed by atoms with Crippen molar-refractivity contribution in [2.45, 2.75) is 13.0 Å². The van der Waals surface area contributed by atoms with Gasteiger partial charge in [0.25, 0.3) is 0 Å². The van der Waals surface area contributed by atoms with Gasteiger partial charge in [-0.2, -0.15) is 0 Å². The van der Waals surface area contributed by atoms with Gasteiger partial charge in [0.2, 0.25) is 5.88 Å². The third kappa shape index (κ3) is 3.22. The Hall–Kier alpha value is -1.65. The van der Waals surface area contributed by atoms with Crippen molar-refractivity contribution in [1.82, 2.24) is 15.3 Å². The lowest BCUT2D eigenvalue weighted by atomic mass is 10.0. The number of benzene rings is 1. The number of ether oxygens (including phenoxy) is 1. The number of hydrogen-bond acceptors (Lipinski definition) is 4. The largest absolute Gasteiger partial charge is 0.480 e. The Labute approximate surface area is 117 Å². The van der Waals surface area contributed by atoms with Crippen LogP contribution in [0, 0.1) is 0 Å². The van der Waals surface area contributed by atoms with Crippen molar-refractivity contribution in [2.75, 3.05) is 13.7 Å². The monoisotopic (exact) mass is 277 g/mol. The summed E-state index contributed by atoms with van der Waals surface area (Å²) in [5.74, 6) is 0.522. The zero-order valence-electron chi connectivity index (χ0n) is 10.9. The molecule has 0 saturated heterocycles. The third-order valence-corrected chi connectivity index (χ3v) is 2.98. The first-order valence-corrected chi connectivity index (χ1v) is 6.47. The number of methoxy groups -OCH3 is 1. The van der Waals surface area contributed by atoms with Gasteiger partial charge in [-0.1, -0.05) is 30.7 Å². The molecular weight excluding hydrogens is 262 g/mol. The fourth-order valence-electron chi connectivity index (χ4n) is 1.95. The van der Waals surface area contributed by atoms with Gasteiger partial charge in [-0.3, -0.25) is 4.98 Å². The first kappa shape index (κ1) is 13.8. The lowest BCUT2D eigenvalue weighted by Crippen LogP contribution is -2.23. The molecule has 2 aromatic rings. The minimum Gasteiger partial charge on any atom is -0.480 e. The van der Waals surface area contributed by atoms with E-state index in [2.05, 4.69) is 15.3 Å². The summed E-state index contributed by atoms with van der Waals surface area (Å²) < 4.78 is 5.28. The predicted octanol–water partition coefficient (Wildman–Crippen LogP) is 2.84. The van der Waals surface area contributed by atoms with E-state index < -0.39 is 0 Å². The molecule has 0 bridgehead atoms. The maximum Gasteiger partial charge on any atom is 0.237 e. The Balaban J connectivity index is 2.45. The van der Waals surface area contributed by atoms with E-state index in [1.54, 1.807) is 19.5 Å². The van der Waals surface area contributed by atoms with Crippen molar-refractivity contribution in [2.24, 2.45) is 0 Å². The van der Waals surface area contributed by atoms with Crippen LogP contribution in [0.2, 0.25) is 5.02 Å². The summed E-state index contributed by atoms with van der Waals surface area (Å²) in [5, 5.41) is 4.07. The summed E-state index contributed by atoms with van der Waals surface area (Å²) >= 11 is 6.06. The van der Waals surface area contributed by atoms with E-state index >= 15 is 0 Å². The molecule has 0 aliphatic heterocycles. The Morgan fingerprint density at radius 2 is 2.11 bits per heavy atom. The van der Waals surface area contributed by atoms with Crippen LogP contribution in [-0.2, 0) is 0 Å². The Morgan fingerprint density at radius 3 is 2.79 bits per heavy atom. The van der Waals surface area contributed by atoms with Crippen molar-refractivity contribution in [3.63, 3.8) is 0 Å². The molecule has 1 atom stereocenters. The summed E-state index contributed by atoms with van der Waals surface area (Å²) in [6.45, 7) is 2.84. The zero-order chi connectivity index (χ0) is 13.7. The normalized spacial score (nSPS) is 12.2. The molecule has 100 valence electrons. The smallest absolute Gasteiger partial charge is 0.237 e. The van der Waals surface area contributed by atoms with Gasteiger partial charge in [0.05, 0.1) is 13.2 Å². The molecule has 1 aromatic heterocycles. The molecule has 0 spiro atoms. The second kappa shape index (κ2) is 6.50. The van der Waals surface area contributed by atoms with E-state index in [0.29, 0.717) is 10.9 Å². The first-order valence-electron chi connectivity index (χ1n) is 6.10. The van der Waals surface area contributed by atoms with Crippen LogP contribution < -0.4 is 10.1 Å². The zero-order valence-corrected chi connectivity index (χ0v) is 11.7. The van der Waals surface area contributed by atoms with Gasteiger partial charge in [0.15, 0.2) is 0 Å². The predicted molar refractivity (Wildman–Crippen MR) is 75.6 cm³/mol. The van der Waals surface area contributed by atoms with Crippen LogP contribution in [0.25, 0.3) is 0 Å². The van der Waals surface area contributed by atoms with Crippen molar-refractivity contribution in [3.05, 3.63) is 52.9 Å². The van der Waals surface area contributed by atoms with Gasteiger partial charge in [0.1, 0.15) is 5.69 Å². The standard InChI is InChI=1S/C14H16ClN3O/c1-3-16-12(10-5-4-6-11(15)9-10)13-14(19-2)18-8-7-17-13/h4-9,12,16H,3H2,1-2H3. The average Bonchev–Trinajstić information content (AvgIpc) is 2.45. The van der Waals surface area contributed by atoms with Crippen molar-refractivity contribution in [3.8, 4) is 5.88 Å². The molecular formula is C14H16ClN3O. The van der Waals surface area contributed by atoms with Crippen LogP contribution in [0.15, 0.2) is 36.7 Å². The van der Waals surface area contributed by atoms with Crippen molar-refractivity contribution in [1.29, 1.82) is 0 Å². The fraction of sp³-hybridized carbons (Fsp3) is 0.286. The molecule has 1 unspecified atom stereocenters. The van der Waals surface area contributed by atoms with E-state index in [4.69, 9.17) is 16.3 Å². The highest BCUT2D eigenvalue weighted by Crippen LogP contribution is 2.27. The van der Waals surface area contributed by atoms with Crippen LogP contribution in [0.3, 0.4) is 0 Å². The van der Waals surface area contributed by atoms with E-state index in [1.807, 2.05) is 31.2 Å². The van der Waals surface area contributed by atoms with Crippen LogP contribution in [0.1, 0.15) is 24.2 Å². The molecule has 2 rings (SSSR count). The van der Waals surface area contributed by atoms with Crippen LogP contribution >= 0.6 is 11.6 Å². The van der Waals surface area contributed by atoms with Gasteiger partial charge in [-0.25, -0.2) is 4.98 Å². The number of rotatable bonds is 5. The summed E-state index contributed by atoms with van der Waals surface area (Å²) in [6, 6.07) is 7.61. The molecule has 19 heavy (non-hydrogen) atoms. The van der Waals surface area contributed by atoms with Crippen molar-refractivity contribution >= 4 is 11.6 Å². The highest BCUT2D eigenvalue weighted by molar-refractivity contribution is 6.30. The molecule has 5 heteroatoms. The van der Waals surface area contributed by atoms with E-state index in [0.717, 1.165) is 17.8 Å². The summed E-state index contributed by atoms with van der Waals surface area (Å²) in [6.07, 6.45) is 3.27. The minimum atomic E-state index is -0.0904. The van der Waals surface area contributed by atoms with Crippen LogP contribution in [0.4, 0.5) is 0 Å². The van der Waals surface area contributed by atoms with Gasteiger partial charge >= 0.3 is 0 Å².